The Kier molecular flexibility index (Phi) is 1.63. The van der Waals surface area contributed by atoms with Crippen molar-refractivity contribution in [2.75, 3.05) is 12.3 Å². The van der Waals surface area contributed by atoms with Crippen LogP contribution in [0.4, 0.5) is 0 Å². The fourth-order valence-corrected chi connectivity index (χ4v) is 3.07. The molecule has 12 heavy (non-hydrogen) atoms. The molecule has 2 atom stereocenters. The molecule has 64 valence electrons. The molecule has 1 amide bonds. The van der Waals surface area contributed by atoms with Gasteiger partial charge in [-0.1, -0.05) is 0 Å². The molecule has 0 radical (unpaired) electrons. The quantitative estimate of drug-likeness (QED) is 0.278. The molecule has 0 aliphatic carbocycles. The second-order valence-electron chi connectivity index (χ2n) is 2.81. The predicted octanol–water partition coefficient (Wildman–Crippen LogP) is -0.935. The fourth-order valence-electron chi connectivity index (χ4n) is 1.53. The molecule has 0 N–H and O–H groups in total. The maximum atomic E-state index is 11.3. The van der Waals surface area contributed by atoms with Gasteiger partial charge in [0, 0.05) is 23.1 Å². The fraction of sp³-hybridized carbons (Fsp3) is 0.571. The first-order chi connectivity index (χ1) is 5.75. The topological polar surface area (TPSA) is 54.5 Å². The molecule has 2 aliphatic rings. The van der Waals surface area contributed by atoms with Crippen LogP contribution in [0.1, 0.15) is 6.42 Å². The van der Waals surface area contributed by atoms with Crippen LogP contribution in [0, 0.1) is 0 Å². The van der Waals surface area contributed by atoms with E-state index in [0.717, 1.165) is 6.42 Å². The first-order valence-electron chi connectivity index (χ1n) is 3.69. The van der Waals surface area contributed by atoms with E-state index in [2.05, 4.69) is 0 Å². The molecule has 2 saturated heterocycles. The van der Waals surface area contributed by atoms with Crippen molar-refractivity contribution < 1.29 is 13.8 Å². The van der Waals surface area contributed by atoms with Crippen molar-refractivity contribution in [1.29, 1.82) is 0 Å². The molecule has 4 nitrogen and oxygen atoms in total. The highest BCUT2D eigenvalue weighted by molar-refractivity contribution is 7.86. The largest absolute Gasteiger partial charge is 0.319 e. The van der Waals surface area contributed by atoms with Gasteiger partial charge in [0.1, 0.15) is 16.9 Å². The van der Waals surface area contributed by atoms with E-state index in [9.17, 15) is 13.8 Å². The molecule has 0 bridgehead atoms. The molecule has 0 saturated carbocycles. The number of nitrogens with zero attached hydrogens (tertiary/aromatic N) is 1. The third-order valence-corrected chi connectivity index (χ3v) is 3.80. The van der Waals surface area contributed by atoms with Crippen LogP contribution in [0.3, 0.4) is 0 Å². The summed E-state index contributed by atoms with van der Waals surface area (Å²) in [5.74, 6) is 1.86. The van der Waals surface area contributed by atoms with Crippen LogP contribution in [0.5, 0.6) is 0 Å². The van der Waals surface area contributed by atoms with Crippen LogP contribution in [0.15, 0.2) is 5.57 Å². The van der Waals surface area contributed by atoms with Crippen molar-refractivity contribution in [2.24, 2.45) is 0 Å². The lowest BCUT2D eigenvalue weighted by Gasteiger charge is -2.42. The lowest BCUT2D eigenvalue weighted by Crippen LogP contribution is -2.60. The first-order valence-corrected chi connectivity index (χ1v) is 5.07. The van der Waals surface area contributed by atoms with E-state index >= 15 is 0 Å². The predicted molar refractivity (Wildman–Crippen MR) is 42.3 cm³/mol. The monoisotopic (exact) mass is 185 g/mol. The molecule has 0 aromatic carbocycles. The van der Waals surface area contributed by atoms with E-state index in [-0.39, 0.29) is 11.5 Å². The van der Waals surface area contributed by atoms with Crippen LogP contribution < -0.4 is 0 Å². The van der Waals surface area contributed by atoms with Crippen molar-refractivity contribution in [3.05, 3.63) is 5.57 Å². The van der Waals surface area contributed by atoms with Gasteiger partial charge in [-0.25, -0.2) is 4.79 Å². The second-order valence-corrected chi connectivity index (χ2v) is 4.42. The molecule has 0 spiro atoms. The molecule has 1 unspecified atom stereocenters. The van der Waals surface area contributed by atoms with E-state index in [1.807, 2.05) is 0 Å². The molecule has 2 fully saturated rings. The minimum Gasteiger partial charge on any atom is -0.319 e. The number of carbonyl (C=O) groups excluding carboxylic acids is 2. The number of rotatable bonds is 0. The molecule has 2 heterocycles. The average Bonchev–Trinajstić information content (AvgIpc) is 2.07. The smallest absolute Gasteiger partial charge is 0.265 e. The maximum Gasteiger partial charge on any atom is 0.265 e. The van der Waals surface area contributed by atoms with Gasteiger partial charge in [-0.15, -0.1) is 0 Å². The van der Waals surface area contributed by atoms with Gasteiger partial charge >= 0.3 is 0 Å². The van der Waals surface area contributed by atoms with Crippen molar-refractivity contribution in [1.82, 2.24) is 4.90 Å². The minimum absolute atomic E-state index is 0.0630. The summed E-state index contributed by atoms with van der Waals surface area (Å²) in [6.45, 7) is 0.625. The lowest BCUT2D eigenvalue weighted by atomic mass is 10.1. The number of hydrogen-bond donors (Lipinski definition) is 0. The van der Waals surface area contributed by atoms with Crippen LogP contribution in [-0.4, -0.2) is 38.6 Å². The van der Waals surface area contributed by atoms with Crippen molar-refractivity contribution in [3.8, 4) is 0 Å². The Morgan fingerprint density at radius 2 is 2.33 bits per heavy atom. The van der Waals surface area contributed by atoms with Gasteiger partial charge in [0.05, 0.1) is 0 Å². The maximum absolute atomic E-state index is 11.3. The second kappa shape index (κ2) is 2.54. The zero-order chi connectivity index (χ0) is 8.72. The summed E-state index contributed by atoms with van der Waals surface area (Å²) in [7, 11) is -1.07. The van der Waals surface area contributed by atoms with Crippen molar-refractivity contribution >= 4 is 22.6 Å². The third kappa shape index (κ3) is 0.806. The third-order valence-electron chi connectivity index (χ3n) is 2.12. The van der Waals surface area contributed by atoms with Crippen LogP contribution in [0.25, 0.3) is 0 Å². The van der Waals surface area contributed by atoms with Crippen LogP contribution in [-0.2, 0) is 20.4 Å². The summed E-state index contributed by atoms with van der Waals surface area (Å²) in [6, 6.07) is 0. The Morgan fingerprint density at radius 1 is 1.58 bits per heavy atom. The van der Waals surface area contributed by atoms with Gasteiger partial charge in [0.2, 0.25) is 0 Å². The zero-order valence-electron chi connectivity index (χ0n) is 6.28. The number of carbonyl (C=O) groups is 1. The highest BCUT2D eigenvalue weighted by Crippen LogP contribution is 2.30. The number of β-lactam (4-membered cyclic amide) rings is 1. The van der Waals surface area contributed by atoms with Crippen LogP contribution >= 0.6 is 0 Å². The van der Waals surface area contributed by atoms with E-state index in [0.29, 0.717) is 12.3 Å². The van der Waals surface area contributed by atoms with E-state index in [1.165, 1.54) is 4.90 Å². The number of amides is 1. The van der Waals surface area contributed by atoms with Gasteiger partial charge < -0.3 is 4.90 Å². The Bertz CT molecular complexity index is 319. The summed E-state index contributed by atoms with van der Waals surface area (Å²) in [5.41, 5.74) is 0.0630. The van der Waals surface area contributed by atoms with Gasteiger partial charge in [-0.05, 0) is 6.42 Å². The van der Waals surface area contributed by atoms with E-state index < -0.39 is 16.2 Å². The molecule has 5 heteroatoms. The van der Waals surface area contributed by atoms with Crippen LogP contribution in [0.2, 0.25) is 0 Å². The number of fused-ring (bicyclic) bond motifs is 1. The van der Waals surface area contributed by atoms with Gasteiger partial charge in [-0.3, -0.25) is 9.00 Å². The molecule has 2 rings (SSSR count). The van der Waals surface area contributed by atoms with E-state index in [1.54, 1.807) is 5.94 Å². The zero-order valence-corrected chi connectivity index (χ0v) is 7.10. The Labute approximate surface area is 71.7 Å². The summed E-state index contributed by atoms with van der Waals surface area (Å²) < 4.78 is 11.3. The highest BCUT2D eigenvalue weighted by atomic mass is 32.2. The number of hydrogen-bond acceptors (Lipinski definition) is 3. The van der Waals surface area contributed by atoms with Crippen molar-refractivity contribution in [3.63, 3.8) is 0 Å². The summed E-state index contributed by atoms with van der Waals surface area (Å²) in [4.78, 5) is 22.8. The summed E-state index contributed by atoms with van der Waals surface area (Å²) in [6.07, 6.45) is 0.765. The standard InChI is InChI=1S/C7H7NO3S/c9-4-5-6(10)8-2-1-3-12(11)7(5)8/h7H,1-3H2/t7-,12?/m0/s1. The van der Waals surface area contributed by atoms with Gasteiger partial charge in [0.15, 0.2) is 0 Å². The lowest BCUT2D eigenvalue weighted by molar-refractivity contribution is -0.134. The first kappa shape index (κ1) is 7.71. The Balaban J connectivity index is 2.32. The average molecular weight is 185 g/mol. The Morgan fingerprint density at radius 3 is 3.00 bits per heavy atom. The summed E-state index contributed by atoms with van der Waals surface area (Å²) in [5, 5.41) is -0.441. The molecule has 2 aliphatic heterocycles. The Hall–Kier alpha value is -0.930. The normalized spacial score (nSPS) is 33.8. The molecule has 0 aromatic rings. The highest BCUT2D eigenvalue weighted by Gasteiger charge is 2.48. The molecular formula is C7H7NO3S. The van der Waals surface area contributed by atoms with E-state index in [4.69, 9.17) is 0 Å². The summed E-state index contributed by atoms with van der Waals surface area (Å²) >= 11 is 0. The SMILES string of the molecule is O=C=C1C(=O)N2CCCS(=O)[C@@H]12. The van der Waals surface area contributed by atoms with Crippen molar-refractivity contribution in [2.45, 2.75) is 11.8 Å². The minimum atomic E-state index is -1.07. The molecular weight excluding hydrogens is 178 g/mol. The molecule has 0 aromatic heterocycles. The van der Waals surface area contributed by atoms with Gasteiger partial charge in [-0.2, -0.15) is 0 Å². The van der Waals surface area contributed by atoms with Gasteiger partial charge in [0.25, 0.3) is 5.91 Å².